The van der Waals surface area contributed by atoms with Crippen molar-refractivity contribution >= 4 is 27.5 Å². The zero-order chi connectivity index (χ0) is 31.0. The molecule has 2 atom stereocenters. The van der Waals surface area contributed by atoms with Gasteiger partial charge in [-0.3, -0.25) is 13.9 Å². The van der Waals surface area contributed by atoms with Gasteiger partial charge >= 0.3 is 0 Å². The Morgan fingerprint density at radius 2 is 1.43 bits per heavy atom. The van der Waals surface area contributed by atoms with Gasteiger partial charge in [-0.05, 0) is 75.9 Å². The van der Waals surface area contributed by atoms with Crippen molar-refractivity contribution in [3.05, 3.63) is 89.0 Å². The van der Waals surface area contributed by atoms with E-state index in [1.54, 1.807) is 24.3 Å². The second kappa shape index (κ2) is 14.4. The number of nitrogens with one attached hydrogen (secondary N) is 1. The maximum Gasteiger partial charge on any atom is 0.264 e. The number of carbonyl (C=O) groups excluding carboxylic acids is 2. The lowest BCUT2D eigenvalue weighted by molar-refractivity contribution is -0.140. The van der Waals surface area contributed by atoms with E-state index in [0.717, 1.165) is 33.0 Å². The number of benzene rings is 3. The highest BCUT2D eigenvalue weighted by Gasteiger charge is 2.35. The normalized spacial score (nSPS) is 12.7. The fourth-order valence-electron chi connectivity index (χ4n) is 4.60. The molecule has 0 bridgehead atoms. The molecule has 8 nitrogen and oxygen atoms in total. The van der Waals surface area contributed by atoms with Crippen LogP contribution in [0, 0.1) is 20.8 Å². The van der Waals surface area contributed by atoms with Gasteiger partial charge in [0.2, 0.25) is 11.8 Å². The van der Waals surface area contributed by atoms with Gasteiger partial charge in [-0.1, -0.05) is 67.4 Å². The third kappa shape index (κ3) is 7.91. The first-order chi connectivity index (χ1) is 19.9. The van der Waals surface area contributed by atoms with E-state index in [-0.39, 0.29) is 29.1 Å². The number of aryl methyl sites for hydroxylation is 3. The Labute approximate surface area is 250 Å². The Morgan fingerprint density at radius 1 is 0.857 bits per heavy atom. The van der Waals surface area contributed by atoms with Crippen LogP contribution in [-0.2, 0) is 26.2 Å². The van der Waals surface area contributed by atoms with Gasteiger partial charge < -0.3 is 15.0 Å². The molecule has 3 aromatic carbocycles. The highest BCUT2D eigenvalue weighted by atomic mass is 32.2. The number of sulfonamides is 1. The predicted octanol–water partition coefficient (Wildman–Crippen LogP) is 5.54. The molecular weight excluding hydrogens is 550 g/mol. The van der Waals surface area contributed by atoms with Gasteiger partial charge in [0.25, 0.3) is 10.0 Å². The smallest absolute Gasteiger partial charge is 0.264 e. The molecular formula is C33H43N3O5S. The third-order valence-electron chi connectivity index (χ3n) is 7.35. The number of hydrogen-bond donors (Lipinski definition) is 1. The lowest BCUT2D eigenvalue weighted by atomic mass is 10.1. The van der Waals surface area contributed by atoms with E-state index < -0.39 is 28.5 Å². The number of nitrogens with zero attached hydrogens (tertiary/aromatic N) is 2. The quantitative estimate of drug-likeness (QED) is 0.281. The van der Waals surface area contributed by atoms with Crippen LogP contribution >= 0.6 is 0 Å². The van der Waals surface area contributed by atoms with Gasteiger partial charge in [0.15, 0.2) is 0 Å². The molecule has 42 heavy (non-hydrogen) atoms. The van der Waals surface area contributed by atoms with Crippen LogP contribution < -0.4 is 14.4 Å². The predicted molar refractivity (Wildman–Crippen MR) is 167 cm³/mol. The Bertz CT molecular complexity index is 1470. The van der Waals surface area contributed by atoms with Crippen molar-refractivity contribution in [3.63, 3.8) is 0 Å². The molecule has 0 aliphatic heterocycles. The van der Waals surface area contributed by atoms with Gasteiger partial charge in [-0.2, -0.15) is 0 Å². The molecule has 0 saturated heterocycles. The lowest BCUT2D eigenvalue weighted by Gasteiger charge is -2.34. The van der Waals surface area contributed by atoms with Crippen molar-refractivity contribution in [1.29, 1.82) is 0 Å². The molecule has 9 heteroatoms. The summed E-state index contributed by atoms with van der Waals surface area (Å²) in [6.45, 7) is 11.1. The Hall–Kier alpha value is -3.85. The number of ether oxygens (including phenoxy) is 1. The van der Waals surface area contributed by atoms with Crippen LogP contribution in [0.1, 0.15) is 55.9 Å². The summed E-state index contributed by atoms with van der Waals surface area (Å²) in [5.41, 5.74) is 3.87. The van der Waals surface area contributed by atoms with Crippen molar-refractivity contribution in [1.82, 2.24) is 10.2 Å². The zero-order valence-corrected chi connectivity index (χ0v) is 26.5. The largest absolute Gasteiger partial charge is 0.495 e. The SMILES string of the molecule is CC[C@@H](C)NC(=O)[C@H](CC)N(Cc1ccc(C)cc1)C(=O)CN(c1cc(C)ccc1OC)S(=O)(=O)c1ccc(C)cc1. The van der Waals surface area contributed by atoms with Crippen LogP contribution in [0.25, 0.3) is 0 Å². The van der Waals surface area contributed by atoms with Crippen LogP contribution in [-0.4, -0.2) is 50.9 Å². The van der Waals surface area contributed by atoms with E-state index in [1.807, 2.05) is 71.9 Å². The van der Waals surface area contributed by atoms with Gasteiger partial charge in [0, 0.05) is 12.6 Å². The van der Waals surface area contributed by atoms with Crippen molar-refractivity contribution in [2.75, 3.05) is 18.0 Å². The summed E-state index contributed by atoms with van der Waals surface area (Å²) in [4.78, 5) is 29.2. The van der Waals surface area contributed by atoms with Crippen LogP contribution in [0.5, 0.6) is 5.75 Å². The highest BCUT2D eigenvalue weighted by molar-refractivity contribution is 7.92. The van der Waals surface area contributed by atoms with Gasteiger partial charge in [-0.25, -0.2) is 8.42 Å². The maximum atomic E-state index is 14.3. The molecule has 0 radical (unpaired) electrons. The Balaban J connectivity index is 2.12. The zero-order valence-electron chi connectivity index (χ0n) is 25.7. The first kappa shape index (κ1) is 32.7. The molecule has 0 spiro atoms. The number of carbonyl (C=O) groups is 2. The van der Waals surface area contributed by atoms with Crippen molar-refractivity contribution in [3.8, 4) is 5.75 Å². The number of anilines is 1. The average Bonchev–Trinajstić information content (AvgIpc) is 2.96. The standard InChI is InChI=1S/C33H43N3O5S/c1-8-26(6)34-33(38)29(9-2)35(21-27-15-10-23(3)11-16-27)32(37)22-36(30-20-25(5)14-19-31(30)41-7)42(39,40)28-17-12-24(4)13-18-28/h10-20,26,29H,8-9,21-22H2,1-7H3,(H,34,38)/t26-,29+/m1/s1. The molecule has 0 fully saturated rings. The van der Waals surface area contributed by atoms with Crippen LogP contribution in [0.3, 0.4) is 0 Å². The molecule has 2 amide bonds. The topological polar surface area (TPSA) is 96.0 Å². The summed E-state index contributed by atoms with van der Waals surface area (Å²) >= 11 is 0. The van der Waals surface area contributed by atoms with E-state index in [2.05, 4.69) is 5.32 Å². The summed E-state index contributed by atoms with van der Waals surface area (Å²) in [5, 5.41) is 3.00. The number of amides is 2. The molecule has 3 aromatic rings. The van der Waals surface area contributed by atoms with E-state index in [4.69, 9.17) is 4.74 Å². The summed E-state index contributed by atoms with van der Waals surface area (Å²) in [7, 11) is -2.74. The van der Waals surface area contributed by atoms with Gasteiger partial charge in [0.1, 0.15) is 18.3 Å². The van der Waals surface area contributed by atoms with Gasteiger partial charge in [0.05, 0.1) is 17.7 Å². The molecule has 0 aliphatic rings. The second-order valence-corrected chi connectivity index (χ2v) is 12.6. The maximum absolute atomic E-state index is 14.3. The minimum absolute atomic E-state index is 0.0519. The minimum atomic E-state index is -4.20. The van der Waals surface area contributed by atoms with Crippen molar-refractivity contribution < 1.29 is 22.7 Å². The molecule has 1 N–H and O–H groups in total. The van der Waals surface area contributed by atoms with Crippen LogP contribution in [0.4, 0.5) is 5.69 Å². The van der Waals surface area contributed by atoms with Crippen molar-refractivity contribution in [2.24, 2.45) is 0 Å². The van der Waals surface area contributed by atoms with Crippen molar-refractivity contribution in [2.45, 2.75) is 77.9 Å². The summed E-state index contributed by atoms with van der Waals surface area (Å²) < 4.78 is 34.9. The molecule has 0 aromatic heterocycles. The average molecular weight is 594 g/mol. The number of hydrogen-bond acceptors (Lipinski definition) is 5. The number of rotatable bonds is 13. The monoisotopic (exact) mass is 593 g/mol. The van der Waals surface area contributed by atoms with E-state index in [9.17, 15) is 18.0 Å². The summed E-state index contributed by atoms with van der Waals surface area (Å²) in [6, 6.07) is 18.6. The molecule has 0 aliphatic carbocycles. The fourth-order valence-corrected chi connectivity index (χ4v) is 6.01. The molecule has 3 rings (SSSR count). The molecule has 0 unspecified atom stereocenters. The first-order valence-corrected chi connectivity index (χ1v) is 15.7. The van der Waals surface area contributed by atoms with E-state index in [0.29, 0.717) is 12.2 Å². The molecule has 0 saturated carbocycles. The van der Waals surface area contributed by atoms with E-state index >= 15 is 0 Å². The molecule has 226 valence electrons. The third-order valence-corrected chi connectivity index (χ3v) is 9.13. The fraction of sp³-hybridized carbons (Fsp3) is 0.394. The first-order valence-electron chi connectivity index (χ1n) is 14.3. The van der Waals surface area contributed by atoms with Crippen LogP contribution in [0.2, 0.25) is 0 Å². The minimum Gasteiger partial charge on any atom is -0.495 e. The summed E-state index contributed by atoms with van der Waals surface area (Å²) in [5.74, 6) is -0.454. The Morgan fingerprint density at radius 3 is 1.98 bits per heavy atom. The summed E-state index contributed by atoms with van der Waals surface area (Å²) in [6.07, 6.45) is 1.10. The van der Waals surface area contributed by atoms with E-state index in [1.165, 1.54) is 24.1 Å². The number of methoxy groups -OCH3 is 1. The molecule has 0 heterocycles. The van der Waals surface area contributed by atoms with Gasteiger partial charge in [-0.15, -0.1) is 0 Å². The second-order valence-electron chi connectivity index (χ2n) is 10.7. The lowest BCUT2D eigenvalue weighted by Crippen LogP contribution is -2.53. The van der Waals surface area contributed by atoms with Crippen LogP contribution in [0.15, 0.2) is 71.6 Å². The highest BCUT2D eigenvalue weighted by Crippen LogP contribution is 2.34. The Kier molecular flexibility index (Phi) is 11.2.